The number of carbonyl (C=O) groups excluding carboxylic acids is 1. The van der Waals surface area contributed by atoms with Gasteiger partial charge in [-0.25, -0.2) is 0 Å². The molecule has 0 bridgehead atoms. The number of nitrogens with one attached hydrogen (secondary N) is 1. The van der Waals surface area contributed by atoms with Gasteiger partial charge >= 0.3 is 5.97 Å². The SMILES string of the molecule is CC(CNC(=O)CC(C)(C)CC(=O)O)S(C)=O. The van der Waals surface area contributed by atoms with Gasteiger partial charge in [-0.05, 0) is 12.3 Å². The van der Waals surface area contributed by atoms with Crippen molar-refractivity contribution in [3.05, 3.63) is 0 Å². The number of carbonyl (C=O) groups is 2. The largest absolute Gasteiger partial charge is 0.481 e. The maximum absolute atomic E-state index is 11.6. The lowest BCUT2D eigenvalue weighted by Crippen LogP contribution is -2.35. The minimum absolute atomic E-state index is 0.0460. The van der Waals surface area contributed by atoms with Crippen molar-refractivity contribution in [1.29, 1.82) is 0 Å². The van der Waals surface area contributed by atoms with E-state index in [0.717, 1.165) is 0 Å². The molecule has 100 valence electrons. The molecule has 0 fully saturated rings. The molecule has 0 saturated carbocycles. The van der Waals surface area contributed by atoms with Crippen LogP contribution in [0.5, 0.6) is 0 Å². The van der Waals surface area contributed by atoms with Crippen LogP contribution in [-0.2, 0) is 20.4 Å². The molecule has 0 aliphatic rings. The summed E-state index contributed by atoms with van der Waals surface area (Å²) in [4.78, 5) is 22.1. The molecular weight excluding hydrogens is 242 g/mol. The number of rotatable bonds is 7. The second kappa shape index (κ2) is 6.74. The quantitative estimate of drug-likeness (QED) is 0.710. The minimum atomic E-state index is -0.968. The molecule has 0 heterocycles. The first-order valence-corrected chi connectivity index (χ1v) is 7.07. The molecule has 17 heavy (non-hydrogen) atoms. The molecule has 2 N–H and O–H groups in total. The van der Waals surface area contributed by atoms with E-state index in [1.165, 1.54) is 0 Å². The van der Waals surface area contributed by atoms with Crippen LogP contribution in [0.1, 0.15) is 33.6 Å². The van der Waals surface area contributed by atoms with Gasteiger partial charge in [0, 0.05) is 35.3 Å². The zero-order valence-electron chi connectivity index (χ0n) is 10.8. The van der Waals surface area contributed by atoms with Crippen LogP contribution in [0.15, 0.2) is 0 Å². The molecule has 0 rings (SSSR count). The van der Waals surface area contributed by atoms with E-state index in [1.54, 1.807) is 27.0 Å². The Morgan fingerprint density at radius 3 is 2.29 bits per heavy atom. The predicted octanol–water partition coefficient (Wildman–Crippen LogP) is 0.761. The molecule has 2 unspecified atom stereocenters. The lowest BCUT2D eigenvalue weighted by atomic mass is 9.85. The summed E-state index contributed by atoms with van der Waals surface area (Å²) >= 11 is 0. The molecule has 0 aliphatic carbocycles. The first-order valence-electron chi connectivity index (χ1n) is 5.45. The van der Waals surface area contributed by atoms with Gasteiger partial charge in [-0.1, -0.05) is 13.8 Å². The summed E-state index contributed by atoms with van der Waals surface area (Å²) in [6.07, 6.45) is 1.70. The number of amides is 1. The zero-order chi connectivity index (χ0) is 13.6. The van der Waals surface area contributed by atoms with E-state index in [2.05, 4.69) is 5.32 Å². The van der Waals surface area contributed by atoms with Crippen LogP contribution in [0.4, 0.5) is 0 Å². The van der Waals surface area contributed by atoms with Crippen LogP contribution < -0.4 is 5.32 Å². The Bertz CT molecular complexity index is 315. The molecule has 0 aromatic rings. The summed E-state index contributed by atoms with van der Waals surface area (Å²) in [5, 5.41) is 11.3. The van der Waals surface area contributed by atoms with Crippen molar-refractivity contribution in [2.24, 2.45) is 5.41 Å². The van der Waals surface area contributed by atoms with Crippen molar-refractivity contribution >= 4 is 22.7 Å². The Morgan fingerprint density at radius 2 is 1.88 bits per heavy atom. The molecular formula is C11H21NO4S. The van der Waals surface area contributed by atoms with Gasteiger partial charge in [-0.15, -0.1) is 0 Å². The average Bonchev–Trinajstić information content (AvgIpc) is 2.10. The number of carboxylic acids is 1. The van der Waals surface area contributed by atoms with Gasteiger partial charge < -0.3 is 10.4 Å². The summed E-state index contributed by atoms with van der Waals surface area (Å²) in [6, 6.07) is 0. The predicted molar refractivity (Wildman–Crippen MR) is 67.2 cm³/mol. The van der Waals surface area contributed by atoms with Gasteiger partial charge in [0.2, 0.25) is 5.91 Å². The number of hydrogen-bond donors (Lipinski definition) is 2. The van der Waals surface area contributed by atoms with Gasteiger partial charge in [-0.3, -0.25) is 13.8 Å². The van der Waals surface area contributed by atoms with E-state index in [9.17, 15) is 13.8 Å². The highest BCUT2D eigenvalue weighted by Gasteiger charge is 2.25. The van der Waals surface area contributed by atoms with Crippen LogP contribution in [0.25, 0.3) is 0 Å². The van der Waals surface area contributed by atoms with E-state index in [1.807, 2.05) is 0 Å². The first-order chi connectivity index (χ1) is 7.64. The highest BCUT2D eigenvalue weighted by atomic mass is 32.2. The van der Waals surface area contributed by atoms with Gasteiger partial charge in [0.1, 0.15) is 0 Å². The van der Waals surface area contributed by atoms with Crippen molar-refractivity contribution in [1.82, 2.24) is 5.32 Å². The van der Waals surface area contributed by atoms with Gasteiger partial charge in [0.15, 0.2) is 0 Å². The molecule has 6 heteroatoms. The molecule has 1 amide bonds. The second-order valence-corrected chi connectivity index (χ2v) is 6.83. The third kappa shape index (κ3) is 7.90. The maximum Gasteiger partial charge on any atom is 0.303 e. The highest BCUT2D eigenvalue weighted by Crippen LogP contribution is 2.24. The smallest absolute Gasteiger partial charge is 0.303 e. The van der Waals surface area contributed by atoms with E-state index in [-0.39, 0.29) is 24.0 Å². The fraction of sp³-hybridized carbons (Fsp3) is 0.818. The summed E-state index contributed by atoms with van der Waals surface area (Å²) in [7, 11) is -0.968. The van der Waals surface area contributed by atoms with Crippen LogP contribution in [0.2, 0.25) is 0 Å². The standard InChI is InChI=1S/C11H21NO4S/c1-8(17(4)16)7-12-9(13)5-11(2,3)6-10(14)15/h8H,5-7H2,1-4H3,(H,12,13)(H,14,15). The van der Waals surface area contributed by atoms with Crippen LogP contribution in [0.3, 0.4) is 0 Å². The Morgan fingerprint density at radius 1 is 1.35 bits per heavy atom. The van der Waals surface area contributed by atoms with Crippen LogP contribution >= 0.6 is 0 Å². The van der Waals surface area contributed by atoms with Crippen molar-refractivity contribution in [2.75, 3.05) is 12.8 Å². The fourth-order valence-electron chi connectivity index (χ4n) is 1.34. The Hall–Kier alpha value is -0.910. The van der Waals surface area contributed by atoms with E-state index >= 15 is 0 Å². The van der Waals surface area contributed by atoms with E-state index in [0.29, 0.717) is 6.54 Å². The summed E-state index contributed by atoms with van der Waals surface area (Å²) in [5.41, 5.74) is -0.565. The molecule has 2 atom stereocenters. The number of hydrogen-bond acceptors (Lipinski definition) is 3. The normalized spacial score (nSPS) is 15.1. The zero-order valence-corrected chi connectivity index (χ0v) is 11.6. The summed E-state index contributed by atoms with van der Waals surface area (Å²) in [6.45, 7) is 5.62. The topological polar surface area (TPSA) is 83.5 Å². The Labute approximate surface area is 104 Å². The van der Waals surface area contributed by atoms with Gasteiger partial charge in [0.05, 0.1) is 6.42 Å². The first kappa shape index (κ1) is 16.1. The van der Waals surface area contributed by atoms with Crippen LogP contribution in [0, 0.1) is 5.41 Å². The molecule has 0 spiro atoms. The fourth-order valence-corrected chi connectivity index (χ4v) is 1.66. The average molecular weight is 263 g/mol. The molecule has 0 aromatic heterocycles. The summed E-state index contributed by atoms with van der Waals surface area (Å²) in [5.74, 6) is -1.11. The second-order valence-electron chi connectivity index (χ2n) is 5.02. The third-order valence-corrected chi connectivity index (χ3v) is 3.72. The van der Waals surface area contributed by atoms with Crippen molar-refractivity contribution in [2.45, 2.75) is 38.9 Å². The monoisotopic (exact) mass is 263 g/mol. The van der Waals surface area contributed by atoms with Crippen molar-refractivity contribution < 1.29 is 18.9 Å². The van der Waals surface area contributed by atoms with E-state index < -0.39 is 22.2 Å². The third-order valence-electron chi connectivity index (χ3n) is 2.42. The van der Waals surface area contributed by atoms with Gasteiger partial charge in [0.25, 0.3) is 0 Å². The van der Waals surface area contributed by atoms with Crippen molar-refractivity contribution in [3.8, 4) is 0 Å². The Balaban J connectivity index is 4.09. The molecule has 5 nitrogen and oxygen atoms in total. The number of carboxylic acid groups (broad SMARTS) is 1. The summed E-state index contributed by atoms with van der Waals surface area (Å²) < 4.78 is 11.1. The van der Waals surface area contributed by atoms with Crippen LogP contribution in [-0.4, -0.2) is 39.2 Å². The lowest BCUT2D eigenvalue weighted by molar-refractivity contribution is -0.139. The Kier molecular flexibility index (Phi) is 6.37. The molecule has 0 saturated heterocycles. The molecule has 0 radical (unpaired) electrons. The molecule has 0 aliphatic heterocycles. The maximum atomic E-state index is 11.6. The minimum Gasteiger partial charge on any atom is -0.481 e. The highest BCUT2D eigenvalue weighted by molar-refractivity contribution is 7.84. The molecule has 0 aromatic carbocycles. The number of aliphatic carboxylic acids is 1. The van der Waals surface area contributed by atoms with Crippen molar-refractivity contribution in [3.63, 3.8) is 0 Å². The van der Waals surface area contributed by atoms with E-state index in [4.69, 9.17) is 5.11 Å². The van der Waals surface area contributed by atoms with Gasteiger partial charge in [-0.2, -0.15) is 0 Å². The lowest BCUT2D eigenvalue weighted by Gasteiger charge is -2.21.